The van der Waals surface area contributed by atoms with E-state index in [1.165, 1.54) is 0 Å². The van der Waals surface area contributed by atoms with E-state index in [1.54, 1.807) is 18.2 Å². The fourth-order valence-electron chi connectivity index (χ4n) is 1.16. The van der Waals surface area contributed by atoms with Crippen molar-refractivity contribution in [3.8, 4) is 5.75 Å². The predicted octanol–water partition coefficient (Wildman–Crippen LogP) is -0.177. The SMILES string of the molecule is OCCOc1cccc(NCC(O)CO)c1. The molecule has 0 spiro atoms. The zero-order chi connectivity index (χ0) is 11.8. The summed E-state index contributed by atoms with van der Waals surface area (Å²) in [7, 11) is 0. The number of aliphatic hydroxyl groups is 3. The third-order valence-corrected chi connectivity index (χ3v) is 1.95. The van der Waals surface area contributed by atoms with Gasteiger partial charge in [0.15, 0.2) is 0 Å². The minimum absolute atomic E-state index is 0.0269. The van der Waals surface area contributed by atoms with Crippen molar-refractivity contribution in [3.05, 3.63) is 24.3 Å². The van der Waals surface area contributed by atoms with Crippen LogP contribution in [0.1, 0.15) is 0 Å². The molecule has 0 saturated heterocycles. The van der Waals surface area contributed by atoms with Crippen LogP contribution in [0, 0.1) is 0 Å². The number of nitrogens with one attached hydrogen (secondary N) is 1. The molecule has 0 aliphatic rings. The van der Waals surface area contributed by atoms with E-state index in [0.717, 1.165) is 5.69 Å². The van der Waals surface area contributed by atoms with Crippen molar-refractivity contribution in [2.75, 3.05) is 31.7 Å². The van der Waals surface area contributed by atoms with Crippen molar-refractivity contribution >= 4 is 5.69 Å². The first-order chi connectivity index (χ1) is 7.76. The Kier molecular flexibility index (Phi) is 5.63. The van der Waals surface area contributed by atoms with Crippen LogP contribution in [0.15, 0.2) is 24.3 Å². The Bertz CT molecular complexity index is 306. The summed E-state index contributed by atoms with van der Waals surface area (Å²) in [6.45, 7) is 0.233. The second-order valence-electron chi connectivity index (χ2n) is 3.32. The minimum Gasteiger partial charge on any atom is -0.491 e. The van der Waals surface area contributed by atoms with Gasteiger partial charge < -0.3 is 25.4 Å². The Hall–Kier alpha value is -1.30. The Morgan fingerprint density at radius 2 is 2.12 bits per heavy atom. The van der Waals surface area contributed by atoms with Gasteiger partial charge in [-0.25, -0.2) is 0 Å². The number of rotatable bonds is 7. The maximum Gasteiger partial charge on any atom is 0.121 e. The molecule has 0 aromatic heterocycles. The predicted molar refractivity (Wildman–Crippen MR) is 60.6 cm³/mol. The number of aliphatic hydroxyl groups excluding tert-OH is 3. The summed E-state index contributed by atoms with van der Waals surface area (Å²) in [4.78, 5) is 0. The van der Waals surface area contributed by atoms with Crippen LogP contribution in [0.3, 0.4) is 0 Å². The fourth-order valence-corrected chi connectivity index (χ4v) is 1.16. The van der Waals surface area contributed by atoms with E-state index in [0.29, 0.717) is 5.75 Å². The highest BCUT2D eigenvalue weighted by molar-refractivity contribution is 5.48. The molecule has 1 aromatic rings. The lowest BCUT2D eigenvalue weighted by Crippen LogP contribution is -2.22. The average Bonchev–Trinajstić information content (AvgIpc) is 2.34. The largest absolute Gasteiger partial charge is 0.491 e. The van der Waals surface area contributed by atoms with E-state index in [4.69, 9.17) is 20.1 Å². The molecule has 5 nitrogen and oxygen atoms in total. The zero-order valence-corrected chi connectivity index (χ0v) is 8.97. The third-order valence-electron chi connectivity index (χ3n) is 1.95. The molecule has 1 rings (SSSR count). The standard InChI is InChI=1S/C11H17NO4/c13-4-5-16-11-3-1-2-9(6-11)12-7-10(15)8-14/h1-3,6,10,12-15H,4-5,7-8H2. The van der Waals surface area contributed by atoms with Crippen LogP contribution in [-0.4, -0.2) is 47.8 Å². The van der Waals surface area contributed by atoms with E-state index in [-0.39, 0.29) is 26.4 Å². The van der Waals surface area contributed by atoms with Gasteiger partial charge >= 0.3 is 0 Å². The average molecular weight is 227 g/mol. The summed E-state index contributed by atoms with van der Waals surface area (Å²) in [6, 6.07) is 7.18. The van der Waals surface area contributed by atoms with Gasteiger partial charge in [-0.05, 0) is 12.1 Å². The van der Waals surface area contributed by atoms with Gasteiger partial charge in [-0.15, -0.1) is 0 Å². The van der Waals surface area contributed by atoms with Crippen LogP contribution in [-0.2, 0) is 0 Å². The summed E-state index contributed by atoms with van der Waals surface area (Å²) in [5, 5.41) is 29.4. The molecule has 16 heavy (non-hydrogen) atoms. The van der Waals surface area contributed by atoms with Gasteiger partial charge in [-0.1, -0.05) is 6.07 Å². The second kappa shape index (κ2) is 7.05. The van der Waals surface area contributed by atoms with E-state index < -0.39 is 6.10 Å². The van der Waals surface area contributed by atoms with E-state index in [2.05, 4.69) is 5.32 Å². The highest BCUT2D eigenvalue weighted by Crippen LogP contribution is 2.17. The molecule has 1 atom stereocenters. The molecule has 4 N–H and O–H groups in total. The maximum atomic E-state index is 9.15. The number of anilines is 1. The molecular weight excluding hydrogens is 210 g/mol. The van der Waals surface area contributed by atoms with Crippen molar-refractivity contribution in [2.45, 2.75) is 6.10 Å². The molecule has 90 valence electrons. The summed E-state index contributed by atoms with van der Waals surface area (Å²) >= 11 is 0. The Labute approximate surface area is 94.3 Å². The van der Waals surface area contributed by atoms with Gasteiger partial charge in [0, 0.05) is 18.3 Å². The van der Waals surface area contributed by atoms with Crippen molar-refractivity contribution in [3.63, 3.8) is 0 Å². The monoisotopic (exact) mass is 227 g/mol. The maximum absolute atomic E-state index is 9.15. The first-order valence-corrected chi connectivity index (χ1v) is 5.12. The summed E-state index contributed by atoms with van der Waals surface area (Å²) in [5.74, 6) is 0.650. The Balaban J connectivity index is 2.46. The number of hydrogen-bond donors (Lipinski definition) is 4. The van der Waals surface area contributed by atoms with Crippen molar-refractivity contribution in [2.24, 2.45) is 0 Å². The summed E-state index contributed by atoms with van der Waals surface area (Å²) in [5.41, 5.74) is 0.794. The highest BCUT2D eigenvalue weighted by atomic mass is 16.5. The van der Waals surface area contributed by atoms with Gasteiger partial charge in [0.2, 0.25) is 0 Å². The Morgan fingerprint density at radius 3 is 2.81 bits per heavy atom. The lowest BCUT2D eigenvalue weighted by molar-refractivity contribution is 0.105. The number of hydrogen-bond acceptors (Lipinski definition) is 5. The molecular formula is C11H17NO4. The van der Waals surface area contributed by atoms with Crippen LogP contribution < -0.4 is 10.1 Å². The molecule has 0 heterocycles. The zero-order valence-electron chi connectivity index (χ0n) is 8.97. The summed E-state index contributed by atoms with van der Waals surface area (Å²) in [6.07, 6.45) is -0.776. The van der Waals surface area contributed by atoms with Crippen LogP contribution in [0.5, 0.6) is 5.75 Å². The van der Waals surface area contributed by atoms with Crippen LogP contribution >= 0.6 is 0 Å². The molecule has 0 bridgehead atoms. The lowest BCUT2D eigenvalue weighted by Gasteiger charge is -2.11. The van der Waals surface area contributed by atoms with Crippen molar-refractivity contribution in [1.82, 2.24) is 0 Å². The summed E-state index contributed by atoms with van der Waals surface area (Å²) < 4.78 is 5.23. The van der Waals surface area contributed by atoms with Gasteiger partial charge in [-0.2, -0.15) is 0 Å². The van der Waals surface area contributed by atoms with Crippen LogP contribution in [0.2, 0.25) is 0 Å². The molecule has 1 aromatic carbocycles. The van der Waals surface area contributed by atoms with Crippen LogP contribution in [0.4, 0.5) is 5.69 Å². The molecule has 0 radical (unpaired) electrons. The lowest BCUT2D eigenvalue weighted by atomic mass is 10.3. The first-order valence-electron chi connectivity index (χ1n) is 5.12. The Morgan fingerprint density at radius 1 is 1.31 bits per heavy atom. The van der Waals surface area contributed by atoms with Gasteiger partial charge in [0.1, 0.15) is 12.4 Å². The quantitative estimate of drug-likeness (QED) is 0.519. The van der Waals surface area contributed by atoms with E-state index in [1.807, 2.05) is 6.07 Å². The normalized spacial score (nSPS) is 12.2. The number of ether oxygens (including phenoxy) is 1. The molecule has 0 aliphatic carbocycles. The van der Waals surface area contributed by atoms with E-state index >= 15 is 0 Å². The van der Waals surface area contributed by atoms with Crippen LogP contribution in [0.25, 0.3) is 0 Å². The molecule has 0 fully saturated rings. The van der Waals surface area contributed by atoms with Gasteiger partial charge in [-0.3, -0.25) is 0 Å². The molecule has 0 saturated carbocycles. The smallest absolute Gasteiger partial charge is 0.121 e. The first kappa shape index (κ1) is 12.8. The molecule has 0 amide bonds. The highest BCUT2D eigenvalue weighted by Gasteiger charge is 2.01. The van der Waals surface area contributed by atoms with Crippen molar-refractivity contribution < 1.29 is 20.1 Å². The second-order valence-corrected chi connectivity index (χ2v) is 3.32. The van der Waals surface area contributed by atoms with Gasteiger partial charge in [0.25, 0.3) is 0 Å². The van der Waals surface area contributed by atoms with Crippen molar-refractivity contribution in [1.29, 1.82) is 0 Å². The minimum atomic E-state index is -0.776. The fraction of sp³-hybridized carbons (Fsp3) is 0.455. The molecule has 0 aliphatic heterocycles. The van der Waals surface area contributed by atoms with E-state index in [9.17, 15) is 0 Å². The topological polar surface area (TPSA) is 82.0 Å². The number of benzene rings is 1. The molecule has 5 heteroatoms. The third kappa shape index (κ3) is 4.48. The molecule has 1 unspecified atom stereocenters. The van der Waals surface area contributed by atoms with Gasteiger partial charge in [0.05, 0.1) is 19.3 Å².